The SMILES string of the molecule is CN(C)CCCN1CCN(S(=O)(=O)c2ccc3[nH]c(=O)c4cccc5c4c3c2C5)CC1. The third-order valence-electron chi connectivity index (χ3n) is 6.56. The van der Waals surface area contributed by atoms with Crippen molar-refractivity contribution in [2.45, 2.75) is 17.7 Å². The fourth-order valence-electron chi connectivity index (χ4n) is 4.99. The molecule has 0 unspecified atom stereocenters. The zero-order chi connectivity index (χ0) is 21.8. The lowest BCUT2D eigenvalue weighted by atomic mass is 10.1. The van der Waals surface area contributed by atoms with Gasteiger partial charge < -0.3 is 14.8 Å². The zero-order valence-electron chi connectivity index (χ0n) is 18.0. The van der Waals surface area contributed by atoms with Gasteiger partial charge in [-0.15, -0.1) is 0 Å². The summed E-state index contributed by atoms with van der Waals surface area (Å²) in [6, 6.07) is 9.08. The molecule has 164 valence electrons. The Bertz CT molecular complexity index is 1320. The molecule has 0 radical (unpaired) electrons. The number of hydrogen-bond acceptors (Lipinski definition) is 5. The van der Waals surface area contributed by atoms with Crippen LogP contribution in [0.3, 0.4) is 0 Å². The summed E-state index contributed by atoms with van der Waals surface area (Å²) in [6.07, 6.45) is 1.63. The number of nitrogens with zero attached hydrogens (tertiary/aromatic N) is 3. The summed E-state index contributed by atoms with van der Waals surface area (Å²) < 4.78 is 28.8. The van der Waals surface area contributed by atoms with Crippen LogP contribution in [0.5, 0.6) is 0 Å². The van der Waals surface area contributed by atoms with Gasteiger partial charge in [-0.25, -0.2) is 8.42 Å². The minimum absolute atomic E-state index is 0.127. The van der Waals surface area contributed by atoms with E-state index in [0.29, 0.717) is 35.3 Å². The molecule has 0 amide bonds. The second kappa shape index (κ2) is 7.70. The van der Waals surface area contributed by atoms with E-state index >= 15 is 0 Å². The first-order valence-corrected chi connectivity index (χ1v) is 12.3. The van der Waals surface area contributed by atoms with Crippen molar-refractivity contribution in [1.29, 1.82) is 0 Å². The smallest absolute Gasteiger partial charge is 0.256 e. The molecular weight excluding hydrogens is 412 g/mol. The number of sulfonamides is 1. The van der Waals surface area contributed by atoms with Gasteiger partial charge >= 0.3 is 0 Å². The molecule has 2 heterocycles. The van der Waals surface area contributed by atoms with E-state index in [4.69, 9.17) is 0 Å². The van der Waals surface area contributed by atoms with Crippen LogP contribution in [0.2, 0.25) is 0 Å². The Balaban J connectivity index is 1.44. The van der Waals surface area contributed by atoms with Crippen LogP contribution in [0.25, 0.3) is 21.7 Å². The van der Waals surface area contributed by atoms with Gasteiger partial charge in [-0.05, 0) is 62.9 Å². The number of rotatable bonds is 6. The van der Waals surface area contributed by atoms with E-state index < -0.39 is 10.0 Å². The van der Waals surface area contributed by atoms with Crippen LogP contribution < -0.4 is 5.56 Å². The van der Waals surface area contributed by atoms with E-state index in [-0.39, 0.29) is 5.56 Å². The molecule has 2 aliphatic rings. The third-order valence-corrected chi connectivity index (χ3v) is 8.54. The number of nitrogens with one attached hydrogen (secondary N) is 1. The maximum absolute atomic E-state index is 13.6. The van der Waals surface area contributed by atoms with Crippen molar-refractivity contribution in [1.82, 2.24) is 19.1 Å². The number of pyridine rings is 1. The highest BCUT2D eigenvalue weighted by Gasteiger charge is 2.33. The van der Waals surface area contributed by atoms with Gasteiger partial charge in [0.1, 0.15) is 0 Å². The lowest BCUT2D eigenvalue weighted by molar-refractivity contribution is 0.181. The topological polar surface area (TPSA) is 76.7 Å². The molecule has 1 saturated heterocycles. The summed E-state index contributed by atoms with van der Waals surface area (Å²) >= 11 is 0. The van der Waals surface area contributed by atoms with Crippen LogP contribution in [0, 0.1) is 0 Å². The van der Waals surface area contributed by atoms with Crippen molar-refractivity contribution in [3.05, 3.63) is 51.8 Å². The molecule has 1 N–H and O–H groups in total. The highest BCUT2D eigenvalue weighted by atomic mass is 32.2. The predicted octanol–water partition coefficient (Wildman–Crippen LogP) is 1.84. The van der Waals surface area contributed by atoms with E-state index in [2.05, 4.69) is 28.9 Å². The van der Waals surface area contributed by atoms with Gasteiger partial charge in [0.15, 0.2) is 0 Å². The molecule has 8 heteroatoms. The zero-order valence-corrected chi connectivity index (χ0v) is 18.8. The number of aromatic amines is 1. The van der Waals surface area contributed by atoms with E-state index in [1.54, 1.807) is 16.4 Å². The molecular formula is C23H28N4O3S. The van der Waals surface area contributed by atoms with Crippen LogP contribution in [0.4, 0.5) is 0 Å². The Morgan fingerprint density at radius 3 is 2.55 bits per heavy atom. The van der Waals surface area contributed by atoms with Gasteiger partial charge in [0, 0.05) is 54.3 Å². The molecule has 5 rings (SSSR count). The van der Waals surface area contributed by atoms with Gasteiger partial charge in [0.2, 0.25) is 10.0 Å². The number of H-pyrrole nitrogens is 1. The van der Waals surface area contributed by atoms with Gasteiger partial charge in [0.05, 0.1) is 4.90 Å². The molecule has 3 aromatic rings. The standard InChI is InChI=1S/C23H28N4O3S/c1-25(2)9-4-10-26-11-13-27(14-12-26)31(29,30)20-8-7-19-22-18(20)15-16-5-3-6-17(21(16)22)23(28)24-19/h3,5-8H,4,9-15H2,1-2H3,(H,24,28). The number of hydrogen-bond donors (Lipinski definition) is 1. The molecule has 31 heavy (non-hydrogen) atoms. The predicted molar refractivity (Wildman–Crippen MR) is 123 cm³/mol. The second-order valence-electron chi connectivity index (χ2n) is 8.84. The van der Waals surface area contributed by atoms with Crippen molar-refractivity contribution in [3.63, 3.8) is 0 Å². The number of aromatic nitrogens is 1. The average molecular weight is 441 g/mol. The molecule has 0 saturated carbocycles. The van der Waals surface area contributed by atoms with Crippen molar-refractivity contribution in [3.8, 4) is 0 Å². The summed E-state index contributed by atoms with van der Waals surface area (Å²) in [5, 5.41) is 2.41. The number of benzene rings is 2. The fraction of sp³-hybridized carbons (Fsp3) is 0.435. The van der Waals surface area contributed by atoms with Crippen LogP contribution >= 0.6 is 0 Å². The summed E-state index contributed by atoms with van der Waals surface area (Å²) in [6.45, 7) is 4.57. The van der Waals surface area contributed by atoms with Crippen molar-refractivity contribution < 1.29 is 8.42 Å². The normalized spacial score (nSPS) is 17.5. The quantitative estimate of drug-likeness (QED) is 0.463. The molecule has 1 aliphatic carbocycles. The monoisotopic (exact) mass is 440 g/mol. The first kappa shape index (κ1) is 20.6. The molecule has 2 aromatic carbocycles. The van der Waals surface area contributed by atoms with Crippen molar-refractivity contribution in [2.75, 3.05) is 53.4 Å². The fourth-order valence-corrected chi connectivity index (χ4v) is 6.64. The van der Waals surface area contributed by atoms with Crippen LogP contribution in [-0.2, 0) is 16.4 Å². The Morgan fingerprint density at radius 2 is 1.81 bits per heavy atom. The Labute approximate surface area is 182 Å². The highest BCUT2D eigenvalue weighted by Crippen LogP contribution is 2.39. The van der Waals surface area contributed by atoms with Crippen LogP contribution in [0.1, 0.15) is 17.5 Å². The first-order valence-electron chi connectivity index (χ1n) is 10.8. The van der Waals surface area contributed by atoms with Gasteiger partial charge in [-0.1, -0.05) is 12.1 Å². The summed E-state index contributed by atoms with van der Waals surface area (Å²) in [4.78, 5) is 20.3. The second-order valence-corrected chi connectivity index (χ2v) is 10.7. The summed E-state index contributed by atoms with van der Waals surface area (Å²) in [5.74, 6) is 0. The lowest BCUT2D eigenvalue weighted by Crippen LogP contribution is -2.49. The molecule has 1 fully saturated rings. The Morgan fingerprint density at radius 1 is 1.03 bits per heavy atom. The largest absolute Gasteiger partial charge is 0.321 e. The van der Waals surface area contributed by atoms with Gasteiger partial charge in [-0.2, -0.15) is 4.31 Å². The maximum atomic E-state index is 13.6. The minimum atomic E-state index is -3.60. The Kier molecular flexibility index (Phi) is 5.13. The highest BCUT2D eigenvalue weighted by molar-refractivity contribution is 7.89. The van der Waals surface area contributed by atoms with E-state index in [0.717, 1.165) is 54.5 Å². The summed E-state index contributed by atoms with van der Waals surface area (Å²) in [5.41, 5.74) is 2.42. The molecule has 7 nitrogen and oxygen atoms in total. The maximum Gasteiger partial charge on any atom is 0.256 e. The lowest BCUT2D eigenvalue weighted by Gasteiger charge is -2.34. The number of piperazine rings is 1. The Hall–Kier alpha value is -2.26. The van der Waals surface area contributed by atoms with Crippen molar-refractivity contribution >= 4 is 31.7 Å². The van der Waals surface area contributed by atoms with Crippen molar-refractivity contribution in [2.24, 2.45) is 0 Å². The molecule has 0 bridgehead atoms. The van der Waals surface area contributed by atoms with Crippen LogP contribution in [0.15, 0.2) is 40.0 Å². The first-order chi connectivity index (χ1) is 14.9. The van der Waals surface area contributed by atoms with Gasteiger partial charge in [-0.3, -0.25) is 4.79 Å². The molecule has 0 atom stereocenters. The van der Waals surface area contributed by atoms with Gasteiger partial charge in [0.25, 0.3) is 5.56 Å². The molecule has 1 aliphatic heterocycles. The molecule has 0 spiro atoms. The third kappa shape index (κ3) is 3.47. The molecule has 1 aromatic heterocycles. The van der Waals surface area contributed by atoms with E-state index in [1.165, 1.54) is 0 Å². The van der Waals surface area contributed by atoms with E-state index in [9.17, 15) is 13.2 Å². The van der Waals surface area contributed by atoms with E-state index in [1.807, 2.05) is 18.2 Å². The average Bonchev–Trinajstić information content (AvgIpc) is 3.13. The van der Waals surface area contributed by atoms with Crippen LogP contribution in [-0.4, -0.2) is 80.9 Å². The summed E-state index contributed by atoms with van der Waals surface area (Å²) in [7, 11) is 0.543. The minimum Gasteiger partial charge on any atom is -0.321 e.